The molecule has 5 heteroatoms. The van der Waals surface area contributed by atoms with Crippen molar-refractivity contribution in [1.29, 1.82) is 0 Å². The van der Waals surface area contributed by atoms with Crippen molar-refractivity contribution < 1.29 is 14.3 Å². The molecule has 2 rings (SSSR count). The molecule has 2 aromatic carbocycles. The smallest absolute Gasteiger partial charge is 0.341 e. The molecule has 0 spiro atoms. The van der Waals surface area contributed by atoms with E-state index >= 15 is 0 Å². The molecule has 0 fully saturated rings. The zero-order chi connectivity index (χ0) is 13.7. The van der Waals surface area contributed by atoms with E-state index in [4.69, 9.17) is 15.2 Å². The third-order valence-electron chi connectivity index (χ3n) is 2.65. The summed E-state index contributed by atoms with van der Waals surface area (Å²) >= 11 is 0. The van der Waals surface area contributed by atoms with E-state index in [2.05, 4.69) is 0 Å². The number of hydrogen-bond acceptors (Lipinski definition) is 4. The van der Waals surface area contributed by atoms with Crippen molar-refractivity contribution in [3.8, 4) is 5.75 Å². The van der Waals surface area contributed by atoms with Crippen LogP contribution in [0.15, 0.2) is 48.5 Å². The quantitative estimate of drug-likeness (QED) is 0.695. The summed E-state index contributed by atoms with van der Waals surface area (Å²) in [5, 5.41) is 0. The van der Waals surface area contributed by atoms with Crippen LogP contribution in [0, 0.1) is 0 Å². The zero-order valence-electron chi connectivity index (χ0n) is 11.0. The first-order chi connectivity index (χ1) is 9.20. The average molecular weight is 294 g/mol. The van der Waals surface area contributed by atoms with Crippen molar-refractivity contribution in [2.75, 3.05) is 12.8 Å². The molecule has 20 heavy (non-hydrogen) atoms. The van der Waals surface area contributed by atoms with Crippen LogP contribution in [-0.4, -0.2) is 13.1 Å². The number of benzene rings is 2. The monoisotopic (exact) mass is 293 g/mol. The van der Waals surface area contributed by atoms with Crippen LogP contribution in [0.25, 0.3) is 0 Å². The fourth-order valence-corrected chi connectivity index (χ4v) is 1.68. The number of nitrogen functional groups attached to an aromatic ring is 1. The molecule has 2 N–H and O–H groups in total. The second kappa shape index (κ2) is 7.40. The molecule has 0 aliphatic heterocycles. The summed E-state index contributed by atoms with van der Waals surface area (Å²) in [6.45, 7) is 0.384. The Morgan fingerprint density at radius 3 is 2.50 bits per heavy atom. The summed E-state index contributed by atoms with van der Waals surface area (Å²) in [7, 11) is 1.33. The van der Waals surface area contributed by atoms with Gasteiger partial charge in [-0.2, -0.15) is 0 Å². The Kier molecular flexibility index (Phi) is 5.87. The van der Waals surface area contributed by atoms with E-state index in [0.29, 0.717) is 23.6 Å². The Labute approximate surface area is 123 Å². The third-order valence-corrected chi connectivity index (χ3v) is 2.65. The van der Waals surface area contributed by atoms with Gasteiger partial charge in [0.15, 0.2) is 0 Å². The van der Waals surface area contributed by atoms with Crippen molar-refractivity contribution in [2.24, 2.45) is 0 Å². The number of esters is 1. The summed E-state index contributed by atoms with van der Waals surface area (Å²) in [4.78, 5) is 11.6. The number of methoxy groups -OCH3 is 1. The van der Waals surface area contributed by atoms with Crippen LogP contribution in [0.2, 0.25) is 0 Å². The molecule has 0 amide bonds. The minimum absolute atomic E-state index is 0. The number of rotatable bonds is 4. The molecular weight excluding hydrogens is 278 g/mol. The van der Waals surface area contributed by atoms with Crippen LogP contribution >= 0.6 is 12.4 Å². The molecule has 0 atom stereocenters. The summed E-state index contributed by atoms with van der Waals surface area (Å²) < 4.78 is 10.4. The van der Waals surface area contributed by atoms with Crippen molar-refractivity contribution in [2.45, 2.75) is 6.61 Å². The van der Waals surface area contributed by atoms with Gasteiger partial charge in [-0.25, -0.2) is 4.79 Å². The Morgan fingerprint density at radius 2 is 1.85 bits per heavy atom. The molecular formula is C15H16ClNO3. The van der Waals surface area contributed by atoms with Gasteiger partial charge in [0.25, 0.3) is 0 Å². The number of anilines is 1. The highest BCUT2D eigenvalue weighted by Gasteiger charge is 2.13. The first-order valence-electron chi connectivity index (χ1n) is 5.85. The van der Waals surface area contributed by atoms with E-state index < -0.39 is 5.97 Å². The molecule has 0 bridgehead atoms. The van der Waals surface area contributed by atoms with Crippen molar-refractivity contribution in [1.82, 2.24) is 0 Å². The summed E-state index contributed by atoms with van der Waals surface area (Å²) in [5.41, 5.74) is 7.51. The molecule has 0 radical (unpaired) electrons. The van der Waals surface area contributed by atoms with Crippen LogP contribution < -0.4 is 10.5 Å². The van der Waals surface area contributed by atoms with Gasteiger partial charge in [0.2, 0.25) is 0 Å². The van der Waals surface area contributed by atoms with Gasteiger partial charge in [0.1, 0.15) is 17.9 Å². The van der Waals surface area contributed by atoms with Gasteiger partial charge in [-0.15, -0.1) is 12.4 Å². The van der Waals surface area contributed by atoms with E-state index in [0.717, 1.165) is 5.56 Å². The summed E-state index contributed by atoms with van der Waals surface area (Å²) in [5.74, 6) is 0.000245. The fraction of sp³-hybridized carbons (Fsp3) is 0.133. The lowest BCUT2D eigenvalue weighted by Crippen LogP contribution is -2.06. The Hall–Kier alpha value is -2.20. The zero-order valence-corrected chi connectivity index (χ0v) is 11.9. The molecule has 0 saturated heterocycles. The molecule has 0 aromatic heterocycles. The molecule has 0 aliphatic rings. The maximum absolute atomic E-state index is 11.6. The van der Waals surface area contributed by atoms with E-state index in [1.54, 1.807) is 18.2 Å². The number of carbonyl (C=O) groups excluding carboxylic acids is 1. The average Bonchev–Trinajstić information content (AvgIpc) is 2.46. The van der Waals surface area contributed by atoms with Crippen LogP contribution in [0.5, 0.6) is 5.75 Å². The Bertz CT molecular complexity index is 573. The van der Waals surface area contributed by atoms with Gasteiger partial charge in [0, 0.05) is 5.69 Å². The van der Waals surface area contributed by atoms with Gasteiger partial charge >= 0.3 is 5.97 Å². The predicted octanol–water partition coefficient (Wildman–Crippen LogP) is 3.06. The molecule has 0 saturated carbocycles. The Morgan fingerprint density at radius 1 is 1.15 bits per heavy atom. The molecule has 0 aliphatic carbocycles. The summed E-state index contributed by atoms with van der Waals surface area (Å²) in [6, 6.07) is 14.6. The van der Waals surface area contributed by atoms with E-state index in [1.807, 2.05) is 30.3 Å². The number of hydrogen-bond donors (Lipinski definition) is 1. The van der Waals surface area contributed by atoms with Crippen molar-refractivity contribution in [3.63, 3.8) is 0 Å². The lowest BCUT2D eigenvalue weighted by Gasteiger charge is -2.11. The number of halogens is 1. The van der Waals surface area contributed by atoms with Crippen LogP contribution in [0.1, 0.15) is 15.9 Å². The van der Waals surface area contributed by atoms with Gasteiger partial charge in [-0.3, -0.25) is 0 Å². The highest BCUT2D eigenvalue weighted by molar-refractivity contribution is 5.93. The van der Waals surface area contributed by atoms with Gasteiger partial charge in [-0.1, -0.05) is 30.3 Å². The Balaban J connectivity index is 0.00000200. The van der Waals surface area contributed by atoms with E-state index in [1.165, 1.54) is 7.11 Å². The highest BCUT2D eigenvalue weighted by Crippen LogP contribution is 2.23. The van der Waals surface area contributed by atoms with Crippen molar-refractivity contribution in [3.05, 3.63) is 59.7 Å². The minimum atomic E-state index is -0.463. The molecule has 0 unspecified atom stereocenters. The molecule has 2 aromatic rings. The third kappa shape index (κ3) is 3.90. The van der Waals surface area contributed by atoms with Crippen molar-refractivity contribution >= 4 is 24.1 Å². The SMILES string of the molecule is COC(=O)c1cc(N)ccc1OCc1ccccc1.Cl. The summed E-state index contributed by atoms with van der Waals surface area (Å²) in [6.07, 6.45) is 0. The van der Waals surface area contributed by atoms with Gasteiger partial charge in [-0.05, 0) is 23.8 Å². The lowest BCUT2D eigenvalue weighted by molar-refractivity contribution is 0.0595. The maximum Gasteiger partial charge on any atom is 0.341 e. The second-order valence-electron chi connectivity index (χ2n) is 4.02. The normalized spacial score (nSPS) is 9.45. The predicted molar refractivity (Wildman–Crippen MR) is 80.2 cm³/mol. The highest BCUT2D eigenvalue weighted by atomic mass is 35.5. The standard InChI is InChI=1S/C15H15NO3.ClH/c1-18-15(17)13-9-12(16)7-8-14(13)19-10-11-5-3-2-4-6-11;/h2-9H,10,16H2,1H3;1H. The lowest BCUT2D eigenvalue weighted by atomic mass is 10.1. The van der Waals surface area contributed by atoms with Crippen LogP contribution in [0.3, 0.4) is 0 Å². The second-order valence-corrected chi connectivity index (χ2v) is 4.02. The number of nitrogens with two attached hydrogens (primary N) is 1. The number of ether oxygens (including phenoxy) is 2. The molecule has 106 valence electrons. The first kappa shape index (κ1) is 15.9. The van der Waals surface area contributed by atoms with Crippen LogP contribution in [0.4, 0.5) is 5.69 Å². The van der Waals surface area contributed by atoms with Gasteiger partial charge < -0.3 is 15.2 Å². The fourth-order valence-electron chi connectivity index (χ4n) is 1.68. The molecule has 4 nitrogen and oxygen atoms in total. The van der Waals surface area contributed by atoms with E-state index in [-0.39, 0.29) is 12.4 Å². The first-order valence-corrected chi connectivity index (χ1v) is 5.85. The van der Waals surface area contributed by atoms with Crippen LogP contribution in [-0.2, 0) is 11.3 Å². The molecule has 0 heterocycles. The maximum atomic E-state index is 11.6. The van der Waals surface area contributed by atoms with Gasteiger partial charge in [0.05, 0.1) is 7.11 Å². The minimum Gasteiger partial charge on any atom is -0.488 e. The van der Waals surface area contributed by atoms with E-state index in [9.17, 15) is 4.79 Å². The topological polar surface area (TPSA) is 61.5 Å². The number of carbonyl (C=O) groups is 1. The largest absolute Gasteiger partial charge is 0.488 e.